The number of sulfonamides is 1. The van der Waals surface area contributed by atoms with Gasteiger partial charge in [0, 0.05) is 53.9 Å². The largest absolute Gasteiger partial charge is 1.00 e. The van der Waals surface area contributed by atoms with Crippen LogP contribution in [0.15, 0.2) is 59.0 Å². The second-order valence-corrected chi connectivity index (χ2v) is 14.3. The molecule has 45 heavy (non-hydrogen) atoms. The van der Waals surface area contributed by atoms with E-state index in [0.717, 1.165) is 18.4 Å². The van der Waals surface area contributed by atoms with Crippen LogP contribution in [0, 0.1) is 11.2 Å². The first-order chi connectivity index (χ1) is 21.0. The maximum absolute atomic E-state index is 13.6. The zero-order valence-electron chi connectivity index (χ0n) is 26.1. The van der Waals surface area contributed by atoms with Gasteiger partial charge in [0.25, 0.3) is 5.91 Å². The van der Waals surface area contributed by atoms with E-state index >= 15 is 0 Å². The molecule has 0 radical (unpaired) electrons. The number of amides is 1. The average molecular weight is 680 g/mol. The Balaban J connectivity index is 0.00000208. The molecule has 0 unspecified atom stereocenters. The normalized spacial score (nSPS) is 22.7. The number of carbonyl (C=O) groups is 1. The van der Waals surface area contributed by atoms with Crippen LogP contribution in [0.5, 0.6) is 0 Å². The van der Waals surface area contributed by atoms with Gasteiger partial charge in [-0.05, 0) is 78.4 Å². The number of benzene rings is 3. The Labute approximate surface area is 309 Å². The van der Waals surface area contributed by atoms with Crippen LogP contribution in [0.4, 0.5) is 10.1 Å². The SMILES string of the molecule is CNC(=O)c1c(-c2ccc(F)cc2)oc2cc(CS(=O)(=O)Nc3ccc([B-]45OCC(C)(CO4)CO5)c(Cl)c3)c(C3CC3)cc12.[H-].[K+]. The first kappa shape index (κ1) is 33.1. The molecule has 2 N–H and O–H groups in total. The molecular weight excluding hydrogens is 649 g/mol. The number of nitrogens with one attached hydrogen (secondary N) is 2. The molecule has 4 heterocycles. The van der Waals surface area contributed by atoms with Crippen molar-refractivity contribution in [1.29, 1.82) is 0 Å². The molecule has 3 saturated heterocycles. The van der Waals surface area contributed by atoms with E-state index in [4.69, 9.17) is 30.0 Å². The van der Waals surface area contributed by atoms with Gasteiger partial charge in [0.05, 0.1) is 11.3 Å². The Morgan fingerprint density at radius 1 is 1.07 bits per heavy atom. The van der Waals surface area contributed by atoms with Crippen molar-refractivity contribution < 1.29 is 88.8 Å². The third kappa shape index (κ3) is 6.41. The first-order valence-corrected chi connectivity index (χ1v) is 16.4. The number of halogens is 2. The molecule has 0 atom stereocenters. The summed E-state index contributed by atoms with van der Waals surface area (Å²) >= 11 is 6.60. The van der Waals surface area contributed by atoms with Gasteiger partial charge in [0.1, 0.15) is 17.2 Å². The van der Waals surface area contributed by atoms with E-state index in [9.17, 15) is 17.6 Å². The van der Waals surface area contributed by atoms with Gasteiger partial charge >= 0.3 is 58.1 Å². The minimum absolute atomic E-state index is 0. The molecule has 3 aliphatic heterocycles. The van der Waals surface area contributed by atoms with Crippen molar-refractivity contribution in [2.24, 2.45) is 5.41 Å². The quantitative estimate of drug-likeness (QED) is 0.275. The molecule has 4 aromatic rings. The van der Waals surface area contributed by atoms with Crippen LogP contribution in [0.3, 0.4) is 0 Å². The summed E-state index contributed by atoms with van der Waals surface area (Å²) in [6, 6.07) is 14.0. The molecule has 1 amide bonds. The minimum atomic E-state index is -3.90. The predicted octanol–water partition coefficient (Wildman–Crippen LogP) is 2.42. The zero-order valence-corrected chi connectivity index (χ0v) is 29.8. The van der Waals surface area contributed by atoms with Crippen LogP contribution >= 0.6 is 11.6 Å². The summed E-state index contributed by atoms with van der Waals surface area (Å²) in [5.41, 5.74) is 3.25. The number of fused-ring (bicyclic) bond motifs is 4. The van der Waals surface area contributed by atoms with Crippen molar-refractivity contribution in [3.8, 4) is 11.3 Å². The Bertz CT molecular complexity index is 1900. The fourth-order valence-electron chi connectivity index (χ4n) is 6.03. The molecular formula is C31H31BClFKN2O7S-. The van der Waals surface area contributed by atoms with Crippen molar-refractivity contribution >= 4 is 56.4 Å². The van der Waals surface area contributed by atoms with Crippen LogP contribution in [-0.4, -0.2) is 47.9 Å². The molecule has 4 fully saturated rings. The number of anilines is 1. The molecule has 1 saturated carbocycles. The average Bonchev–Trinajstić information content (AvgIpc) is 3.77. The van der Waals surface area contributed by atoms with Gasteiger partial charge in [-0.15, -0.1) is 5.46 Å². The number of hydrogen-bond donors (Lipinski definition) is 2. The molecule has 1 aromatic heterocycles. The van der Waals surface area contributed by atoms with Gasteiger partial charge < -0.3 is 25.1 Å². The van der Waals surface area contributed by atoms with E-state index in [1.165, 1.54) is 37.4 Å². The number of hydrogen-bond acceptors (Lipinski definition) is 7. The molecule has 8 rings (SSSR count). The minimum Gasteiger partial charge on any atom is -1.00 e. The van der Waals surface area contributed by atoms with Gasteiger partial charge in [-0.1, -0.05) is 24.6 Å². The summed E-state index contributed by atoms with van der Waals surface area (Å²) < 4.78 is 67.2. The number of carbonyl (C=O) groups excluding carboxylic acids is 1. The topological polar surface area (TPSA) is 116 Å². The first-order valence-electron chi connectivity index (χ1n) is 14.4. The van der Waals surface area contributed by atoms with Crippen molar-refractivity contribution in [3.05, 3.63) is 82.1 Å². The summed E-state index contributed by atoms with van der Waals surface area (Å²) in [4.78, 5) is 13.0. The van der Waals surface area contributed by atoms with Crippen molar-refractivity contribution in [2.75, 3.05) is 31.6 Å². The Morgan fingerprint density at radius 3 is 2.33 bits per heavy atom. The maximum atomic E-state index is 13.6. The molecule has 3 aromatic carbocycles. The maximum Gasteiger partial charge on any atom is 1.00 e. The van der Waals surface area contributed by atoms with Crippen molar-refractivity contribution in [2.45, 2.75) is 31.4 Å². The van der Waals surface area contributed by atoms with Crippen molar-refractivity contribution in [3.63, 3.8) is 0 Å². The fourth-order valence-corrected chi connectivity index (χ4v) is 7.56. The monoisotopic (exact) mass is 679 g/mol. The molecule has 232 valence electrons. The van der Waals surface area contributed by atoms with Crippen LogP contribution in [0.2, 0.25) is 5.02 Å². The molecule has 1 aliphatic carbocycles. The molecule has 4 aliphatic rings. The Morgan fingerprint density at radius 2 is 1.73 bits per heavy atom. The Hall–Kier alpha value is -1.78. The zero-order chi connectivity index (χ0) is 30.9. The van der Waals surface area contributed by atoms with Crippen LogP contribution in [-0.2, 0) is 29.7 Å². The Kier molecular flexibility index (Phi) is 9.09. The van der Waals surface area contributed by atoms with E-state index in [0.29, 0.717) is 52.9 Å². The second-order valence-electron chi connectivity index (χ2n) is 12.2. The summed E-state index contributed by atoms with van der Waals surface area (Å²) in [5.74, 6) is -0.631. The van der Waals surface area contributed by atoms with E-state index in [1.807, 2.05) is 13.0 Å². The van der Waals surface area contributed by atoms with Gasteiger partial charge in [-0.2, -0.15) is 0 Å². The number of rotatable bonds is 8. The molecule has 9 nitrogen and oxygen atoms in total. The third-order valence-electron chi connectivity index (χ3n) is 8.48. The van der Waals surface area contributed by atoms with E-state index in [2.05, 4.69) is 10.0 Å². The second kappa shape index (κ2) is 12.3. The van der Waals surface area contributed by atoms with Crippen molar-refractivity contribution in [1.82, 2.24) is 5.32 Å². The van der Waals surface area contributed by atoms with Crippen LogP contribution < -0.4 is 66.9 Å². The van der Waals surface area contributed by atoms with Crippen LogP contribution in [0.1, 0.15) is 48.6 Å². The molecule has 2 bridgehead atoms. The fraction of sp³-hybridized carbons (Fsp3) is 0.323. The summed E-state index contributed by atoms with van der Waals surface area (Å²) in [6.07, 6.45) is 1.83. The van der Waals surface area contributed by atoms with Crippen LogP contribution in [0.25, 0.3) is 22.3 Å². The summed E-state index contributed by atoms with van der Waals surface area (Å²) in [7, 11) is -2.38. The summed E-state index contributed by atoms with van der Waals surface area (Å²) in [5, 5.41) is 3.49. The van der Waals surface area contributed by atoms with Gasteiger partial charge in [-0.25, -0.2) is 12.8 Å². The smallest absolute Gasteiger partial charge is 1.00 e. The van der Waals surface area contributed by atoms with Gasteiger partial charge in [-0.3, -0.25) is 9.52 Å². The summed E-state index contributed by atoms with van der Waals surface area (Å²) in [6.45, 7) is 1.28. The third-order valence-corrected chi connectivity index (χ3v) is 10.0. The predicted molar refractivity (Wildman–Crippen MR) is 167 cm³/mol. The van der Waals surface area contributed by atoms with Gasteiger partial charge in [0.15, 0.2) is 0 Å². The molecule has 14 heteroatoms. The van der Waals surface area contributed by atoms with E-state index in [-0.39, 0.29) is 92.3 Å². The van der Waals surface area contributed by atoms with E-state index in [1.54, 1.807) is 18.2 Å². The van der Waals surface area contributed by atoms with Gasteiger partial charge in [0.2, 0.25) is 10.0 Å². The number of furan rings is 1. The molecule has 0 spiro atoms. The van der Waals surface area contributed by atoms with E-state index < -0.39 is 22.6 Å². The standard InChI is InChI=1S/C31H30BClFN2O7S.K.H/c1-31-15-40-32(41-16-31,42-17-31)25-10-9-22(12-26(25)33)36-44(38,39)14-20-11-27-24(13-23(20)18-3-4-18)28(30(37)35-2)29(43-27)19-5-7-21(34)8-6-19;;/h5-13,18,36H,3-4,14-17H2,1-2H3,(H,35,37);;/q-1;+1;-1.